The van der Waals surface area contributed by atoms with Crippen molar-refractivity contribution in [2.75, 3.05) is 19.0 Å². The summed E-state index contributed by atoms with van der Waals surface area (Å²) in [4.78, 5) is 11.5. The maximum absolute atomic E-state index is 14.9. The molecule has 0 radical (unpaired) electrons. The van der Waals surface area contributed by atoms with E-state index in [9.17, 15) is 30.8 Å². The summed E-state index contributed by atoms with van der Waals surface area (Å²) in [7, 11) is -3.59. The number of sulfonamides is 1. The predicted octanol–water partition coefficient (Wildman–Crippen LogP) is 3.41. The number of ether oxygens (including phenoxy) is 1. The number of nitrogens with one attached hydrogen (secondary N) is 2. The SMILES string of the molecule is COCCn1cc(S(=O)(=O)N[C@H](C)C(F)(F)F)c(F)c1C(=O)Nc1cccc(Cl)c1. The lowest BCUT2D eigenvalue weighted by Crippen LogP contribution is -2.43. The van der Waals surface area contributed by atoms with Crippen LogP contribution in [0.15, 0.2) is 35.4 Å². The maximum Gasteiger partial charge on any atom is 0.404 e. The number of carbonyl (C=O) groups excluding carboxylic acids is 1. The predicted molar refractivity (Wildman–Crippen MR) is 102 cm³/mol. The summed E-state index contributed by atoms with van der Waals surface area (Å²) in [5.74, 6) is -2.51. The zero-order valence-corrected chi connectivity index (χ0v) is 17.3. The highest BCUT2D eigenvalue weighted by atomic mass is 35.5. The first-order valence-electron chi connectivity index (χ1n) is 8.40. The van der Waals surface area contributed by atoms with Crippen LogP contribution in [-0.4, -0.2) is 44.8 Å². The molecule has 0 saturated heterocycles. The number of hydrogen-bond donors (Lipinski definition) is 2. The molecule has 2 rings (SSSR count). The van der Waals surface area contributed by atoms with Crippen LogP contribution in [0.5, 0.6) is 0 Å². The summed E-state index contributed by atoms with van der Waals surface area (Å²) < 4.78 is 85.0. The molecule has 0 bridgehead atoms. The number of alkyl halides is 3. The van der Waals surface area contributed by atoms with Gasteiger partial charge >= 0.3 is 6.18 Å². The van der Waals surface area contributed by atoms with Crippen LogP contribution in [0, 0.1) is 5.82 Å². The Kier molecular flexibility index (Phi) is 7.50. The third-order valence-electron chi connectivity index (χ3n) is 3.93. The van der Waals surface area contributed by atoms with Crippen molar-refractivity contribution in [3.8, 4) is 0 Å². The molecule has 0 aliphatic carbocycles. The van der Waals surface area contributed by atoms with Crippen LogP contribution in [0.2, 0.25) is 5.02 Å². The molecule has 1 aromatic heterocycles. The molecule has 1 atom stereocenters. The lowest BCUT2D eigenvalue weighted by Gasteiger charge is -2.16. The normalized spacial score (nSPS) is 13.3. The molecule has 13 heteroatoms. The molecule has 166 valence electrons. The maximum atomic E-state index is 14.9. The summed E-state index contributed by atoms with van der Waals surface area (Å²) in [6, 6.07) is 3.44. The Balaban J connectivity index is 2.44. The van der Waals surface area contributed by atoms with Crippen molar-refractivity contribution in [3.05, 3.63) is 47.0 Å². The van der Waals surface area contributed by atoms with Gasteiger partial charge < -0.3 is 14.6 Å². The zero-order chi connectivity index (χ0) is 22.7. The van der Waals surface area contributed by atoms with Crippen LogP contribution in [0.1, 0.15) is 17.4 Å². The van der Waals surface area contributed by atoms with Crippen molar-refractivity contribution in [1.29, 1.82) is 0 Å². The number of hydrogen-bond acceptors (Lipinski definition) is 4. The molecular weight excluding hydrogens is 454 g/mol. The van der Waals surface area contributed by atoms with E-state index in [2.05, 4.69) is 5.32 Å². The second-order valence-electron chi connectivity index (χ2n) is 6.19. The Morgan fingerprint density at radius 3 is 2.57 bits per heavy atom. The fourth-order valence-electron chi connectivity index (χ4n) is 2.41. The minimum atomic E-state index is -4.92. The number of nitrogens with zero attached hydrogens (tertiary/aromatic N) is 1. The summed E-state index contributed by atoms with van der Waals surface area (Å²) in [5.41, 5.74) is -0.480. The van der Waals surface area contributed by atoms with Crippen molar-refractivity contribution in [1.82, 2.24) is 9.29 Å². The molecule has 0 aliphatic heterocycles. The van der Waals surface area contributed by atoms with Gasteiger partial charge in [-0.25, -0.2) is 12.8 Å². The Morgan fingerprint density at radius 2 is 2.00 bits per heavy atom. The monoisotopic (exact) mass is 471 g/mol. The zero-order valence-electron chi connectivity index (χ0n) is 15.8. The van der Waals surface area contributed by atoms with Crippen LogP contribution < -0.4 is 10.0 Å². The lowest BCUT2D eigenvalue weighted by atomic mass is 10.3. The number of halogens is 5. The number of rotatable bonds is 8. The van der Waals surface area contributed by atoms with Gasteiger partial charge in [-0.1, -0.05) is 17.7 Å². The van der Waals surface area contributed by atoms with Gasteiger partial charge in [0.05, 0.1) is 6.61 Å². The van der Waals surface area contributed by atoms with Gasteiger partial charge in [0.15, 0.2) is 5.82 Å². The molecule has 1 aromatic carbocycles. The van der Waals surface area contributed by atoms with Gasteiger partial charge in [0.1, 0.15) is 16.6 Å². The van der Waals surface area contributed by atoms with Gasteiger partial charge in [-0.2, -0.15) is 17.9 Å². The first-order valence-corrected chi connectivity index (χ1v) is 10.3. The van der Waals surface area contributed by atoms with Crippen molar-refractivity contribution >= 4 is 33.2 Å². The minimum absolute atomic E-state index is 0.0164. The van der Waals surface area contributed by atoms with Crippen LogP contribution in [0.3, 0.4) is 0 Å². The number of amides is 1. The number of benzene rings is 1. The average Bonchev–Trinajstić information content (AvgIpc) is 2.96. The van der Waals surface area contributed by atoms with Gasteiger partial charge in [0.2, 0.25) is 10.0 Å². The molecule has 1 heterocycles. The fraction of sp³-hybridized carbons (Fsp3) is 0.353. The Morgan fingerprint density at radius 1 is 1.33 bits per heavy atom. The van der Waals surface area contributed by atoms with Gasteiger partial charge in [0.25, 0.3) is 5.91 Å². The minimum Gasteiger partial charge on any atom is -0.383 e. The Hall–Kier alpha value is -2.15. The molecule has 30 heavy (non-hydrogen) atoms. The van der Waals surface area contributed by atoms with E-state index in [0.29, 0.717) is 6.92 Å². The van der Waals surface area contributed by atoms with Crippen molar-refractivity contribution in [3.63, 3.8) is 0 Å². The van der Waals surface area contributed by atoms with Crippen LogP contribution >= 0.6 is 11.6 Å². The third kappa shape index (κ3) is 5.72. The molecular formula is C17H18ClF4N3O4S. The Labute approximate surface area is 175 Å². The molecule has 2 aromatic rings. The van der Waals surface area contributed by atoms with E-state index in [0.717, 1.165) is 10.8 Å². The van der Waals surface area contributed by atoms with E-state index in [1.165, 1.54) is 36.1 Å². The highest BCUT2D eigenvalue weighted by Crippen LogP contribution is 2.26. The van der Waals surface area contributed by atoms with Crippen LogP contribution in [0.4, 0.5) is 23.2 Å². The molecule has 0 unspecified atom stereocenters. The van der Waals surface area contributed by atoms with E-state index in [-0.39, 0.29) is 23.9 Å². The van der Waals surface area contributed by atoms with E-state index in [4.69, 9.17) is 16.3 Å². The first-order chi connectivity index (χ1) is 13.9. The molecule has 2 N–H and O–H groups in total. The largest absolute Gasteiger partial charge is 0.404 e. The number of anilines is 1. The van der Waals surface area contributed by atoms with Gasteiger partial charge in [-0.05, 0) is 25.1 Å². The number of aromatic nitrogens is 1. The van der Waals surface area contributed by atoms with E-state index < -0.39 is 44.6 Å². The second kappa shape index (κ2) is 9.33. The molecule has 0 spiro atoms. The van der Waals surface area contributed by atoms with Crippen molar-refractivity contribution in [2.45, 2.75) is 30.6 Å². The molecule has 1 amide bonds. The summed E-state index contributed by atoms with van der Waals surface area (Å²) in [5, 5.41) is 2.65. The highest BCUT2D eigenvalue weighted by molar-refractivity contribution is 7.89. The van der Waals surface area contributed by atoms with Crippen LogP contribution in [-0.2, 0) is 21.3 Å². The quantitative estimate of drug-likeness (QED) is 0.577. The fourth-order valence-corrected chi connectivity index (χ4v) is 3.92. The number of carbonyl (C=O) groups is 1. The molecule has 0 fully saturated rings. The summed E-state index contributed by atoms with van der Waals surface area (Å²) >= 11 is 5.83. The smallest absolute Gasteiger partial charge is 0.383 e. The first kappa shape index (κ1) is 24.1. The summed E-state index contributed by atoms with van der Waals surface area (Å²) in [6.07, 6.45) is -4.14. The van der Waals surface area contributed by atoms with Crippen molar-refractivity contribution in [2.24, 2.45) is 0 Å². The lowest BCUT2D eigenvalue weighted by molar-refractivity contribution is -0.147. The van der Waals surface area contributed by atoms with Gasteiger partial charge in [0, 0.05) is 30.6 Å². The third-order valence-corrected chi connectivity index (χ3v) is 5.69. The van der Waals surface area contributed by atoms with E-state index >= 15 is 0 Å². The molecule has 0 aliphatic rings. The van der Waals surface area contributed by atoms with Gasteiger partial charge in [-0.3, -0.25) is 4.79 Å². The Bertz CT molecular complexity index is 1020. The molecule has 7 nitrogen and oxygen atoms in total. The number of methoxy groups -OCH3 is 1. The topological polar surface area (TPSA) is 89.4 Å². The van der Waals surface area contributed by atoms with Gasteiger partial charge in [-0.15, -0.1) is 0 Å². The highest BCUT2D eigenvalue weighted by Gasteiger charge is 2.40. The summed E-state index contributed by atoms with van der Waals surface area (Å²) in [6.45, 7) is 0.428. The second-order valence-corrected chi connectivity index (χ2v) is 8.31. The van der Waals surface area contributed by atoms with E-state index in [1.807, 2.05) is 0 Å². The van der Waals surface area contributed by atoms with Crippen molar-refractivity contribution < 1.29 is 35.5 Å². The standard InChI is InChI=1S/C17H18ClF4N3O4S/c1-10(17(20,21)22)24-30(27,28)13-9-25(6-7-29-2)15(14(13)19)16(26)23-12-5-3-4-11(18)8-12/h3-5,8-10,24H,6-7H2,1-2H3,(H,23,26)/t10-/m1/s1. The molecule has 0 saturated carbocycles. The van der Waals surface area contributed by atoms with E-state index in [1.54, 1.807) is 0 Å². The average molecular weight is 472 g/mol. The van der Waals surface area contributed by atoms with Crippen LogP contribution in [0.25, 0.3) is 0 Å².